The molecular weight excluding hydrogens is 174 g/mol. The van der Waals surface area contributed by atoms with Crippen LogP contribution < -0.4 is 0 Å². The normalized spacial score (nSPS) is 11.1. The van der Waals surface area contributed by atoms with Gasteiger partial charge in [-0.2, -0.15) is 0 Å². The molecule has 0 radical (unpaired) electrons. The SMILES string of the molecule is CC(C)C/C=N/OCc1ccccc1. The van der Waals surface area contributed by atoms with Crippen molar-refractivity contribution < 1.29 is 4.84 Å². The Bertz CT molecular complexity index is 267. The molecule has 1 aromatic rings. The summed E-state index contributed by atoms with van der Waals surface area (Å²) in [6.07, 6.45) is 2.79. The van der Waals surface area contributed by atoms with Crippen LogP contribution in [0.4, 0.5) is 0 Å². The van der Waals surface area contributed by atoms with E-state index in [9.17, 15) is 0 Å². The third kappa shape index (κ3) is 4.65. The van der Waals surface area contributed by atoms with Gasteiger partial charge in [0.2, 0.25) is 0 Å². The van der Waals surface area contributed by atoms with Crippen LogP contribution in [0.2, 0.25) is 0 Å². The highest BCUT2D eigenvalue weighted by Gasteiger charge is 1.90. The molecule has 0 bridgehead atoms. The maximum Gasteiger partial charge on any atom is 0.142 e. The van der Waals surface area contributed by atoms with Crippen LogP contribution in [-0.4, -0.2) is 6.21 Å². The molecule has 0 aliphatic heterocycles. The van der Waals surface area contributed by atoms with E-state index in [2.05, 4.69) is 19.0 Å². The van der Waals surface area contributed by atoms with Crippen molar-refractivity contribution in [2.24, 2.45) is 11.1 Å². The van der Waals surface area contributed by atoms with E-state index in [1.165, 1.54) is 0 Å². The molecule has 2 heteroatoms. The van der Waals surface area contributed by atoms with Crippen molar-refractivity contribution >= 4 is 6.21 Å². The van der Waals surface area contributed by atoms with E-state index in [1.807, 2.05) is 36.5 Å². The predicted molar refractivity (Wildman–Crippen MR) is 59.2 cm³/mol. The van der Waals surface area contributed by atoms with Gasteiger partial charge < -0.3 is 4.84 Å². The highest BCUT2D eigenvalue weighted by atomic mass is 16.6. The molecule has 0 aliphatic carbocycles. The summed E-state index contributed by atoms with van der Waals surface area (Å²) in [4.78, 5) is 5.14. The molecule has 2 nitrogen and oxygen atoms in total. The van der Waals surface area contributed by atoms with Crippen LogP contribution in [0.3, 0.4) is 0 Å². The highest BCUT2D eigenvalue weighted by molar-refractivity contribution is 5.56. The summed E-state index contributed by atoms with van der Waals surface area (Å²) in [5.41, 5.74) is 1.15. The van der Waals surface area contributed by atoms with Crippen molar-refractivity contribution in [1.29, 1.82) is 0 Å². The monoisotopic (exact) mass is 191 g/mol. The molecule has 0 heterocycles. The summed E-state index contributed by atoms with van der Waals surface area (Å²) in [5, 5.41) is 3.88. The van der Waals surface area contributed by atoms with Gasteiger partial charge in [-0.15, -0.1) is 0 Å². The molecule has 0 fully saturated rings. The van der Waals surface area contributed by atoms with Crippen LogP contribution in [0.15, 0.2) is 35.5 Å². The molecule has 0 amide bonds. The Morgan fingerprint density at radius 3 is 2.64 bits per heavy atom. The number of hydrogen-bond acceptors (Lipinski definition) is 2. The lowest BCUT2D eigenvalue weighted by atomic mass is 10.2. The van der Waals surface area contributed by atoms with Gasteiger partial charge in [0.15, 0.2) is 0 Å². The van der Waals surface area contributed by atoms with E-state index in [4.69, 9.17) is 4.84 Å². The van der Waals surface area contributed by atoms with Gasteiger partial charge in [0, 0.05) is 6.21 Å². The molecule has 0 atom stereocenters. The summed E-state index contributed by atoms with van der Waals surface area (Å²) >= 11 is 0. The first-order valence-corrected chi connectivity index (χ1v) is 4.96. The van der Waals surface area contributed by atoms with Gasteiger partial charge in [-0.1, -0.05) is 49.3 Å². The third-order valence-corrected chi connectivity index (χ3v) is 1.80. The Balaban J connectivity index is 2.19. The number of benzene rings is 1. The smallest absolute Gasteiger partial charge is 0.142 e. The zero-order valence-corrected chi connectivity index (χ0v) is 8.81. The third-order valence-electron chi connectivity index (χ3n) is 1.80. The van der Waals surface area contributed by atoms with Gasteiger partial charge in [0.05, 0.1) is 0 Å². The van der Waals surface area contributed by atoms with Gasteiger partial charge in [0.25, 0.3) is 0 Å². The first-order chi connectivity index (χ1) is 6.79. The number of nitrogens with zero attached hydrogens (tertiary/aromatic N) is 1. The highest BCUT2D eigenvalue weighted by Crippen LogP contribution is 2.01. The summed E-state index contributed by atoms with van der Waals surface area (Å²) < 4.78 is 0. The molecule has 0 N–H and O–H groups in total. The predicted octanol–water partition coefficient (Wildman–Crippen LogP) is 3.24. The molecule has 0 aliphatic rings. The largest absolute Gasteiger partial charge is 0.391 e. The van der Waals surface area contributed by atoms with Crippen molar-refractivity contribution in [3.05, 3.63) is 35.9 Å². The minimum Gasteiger partial charge on any atom is -0.391 e. The average Bonchev–Trinajstić information content (AvgIpc) is 2.18. The minimum atomic E-state index is 0.551. The Morgan fingerprint density at radius 1 is 1.29 bits per heavy atom. The number of oxime groups is 1. The van der Waals surface area contributed by atoms with Gasteiger partial charge in [-0.3, -0.25) is 0 Å². The Kier molecular flexibility index (Phi) is 4.76. The van der Waals surface area contributed by atoms with Crippen molar-refractivity contribution in [3.8, 4) is 0 Å². The second-order valence-electron chi connectivity index (χ2n) is 3.68. The van der Waals surface area contributed by atoms with Crippen molar-refractivity contribution in [3.63, 3.8) is 0 Å². The van der Waals surface area contributed by atoms with Gasteiger partial charge in [-0.25, -0.2) is 0 Å². The maximum absolute atomic E-state index is 5.14. The van der Waals surface area contributed by atoms with Crippen molar-refractivity contribution in [2.75, 3.05) is 0 Å². The average molecular weight is 191 g/mol. The first kappa shape index (κ1) is 10.8. The lowest BCUT2D eigenvalue weighted by Gasteiger charge is -1.99. The topological polar surface area (TPSA) is 21.6 Å². The Hall–Kier alpha value is -1.31. The van der Waals surface area contributed by atoms with E-state index < -0.39 is 0 Å². The molecule has 0 unspecified atom stereocenters. The first-order valence-electron chi connectivity index (χ1n) is 4.96. The van der Waals surface area contributed by atoms with E-state index >= 15 is 0 Å². The van der Waals surface area contributed by atoms with Gasteiger partial charge in [-0.05, 0) is 17.9 Å². The zero-order chi connectivity index (χ0) is 10.2. The van der Waals surface area contributed by atoms with Gasteiger partial charge in [0.1, 0.15) is 6.61 Å². The molecule has 76 valence electrons. The fourth-order valence-corrected chi connectivity index (χ4v) is 0.993. The van der Waals surface area contributed by atoms with E-state index in [0.717, 1.165) is 12.0 Å². The Labute approximate surface area is 85.6 Å². The Morgan fingerprint density at radius 2 is 2.00 bits per heavy atom. The van der Waals surface area contributed by atoms with Crippen LogP contribution in [-0.2, 0) is 11.4 Å². The van der Waals surface area contributed by atoms with Crippen LogP contribution in [0.5, 0.6) is 0 Å². The quantitative estimate of drug-likeness (QED) is 0.517. The summed E-state index contributed by atoms with van der Waals surface area (Å²) in [6.45, 7) is 4.86. The fraction of sp³-hybridized carbons (Fsp3) is 0.417. The number of rotatable bonds is 5. The van der Waals surface area contributed by atoms with Gasteiger partial charge >= 0.3 is 0 Å². The van der Waals surface area contributed by atoms with Crippen molar-refractivity contribution in [1.82, 2.24) is 0 Å². The molecule has 14 heavy (non-hydrogen) atoms. The standard InChI is InChI=1S/C12H17NO/c1-11(2)8-9-13-14-10-12-6-4-3-5-7-12/h3-7,9,11H,8,10H2,1-2H3/b13-9+. The van der Waals surface area contributed by atoms with Crippen LogP contribution in [0.25, 0.3) is 0 Å². The molecular formula is C12H17NO. The lowest BCUT2D eigenvalue weighted by Crippen LogP contribution is -1.90. The molecule has 1 rings (SSSR count). The van der Waals surface area contributed by atoms with E-state index in [-0.39, 0.29) is 0 Å². The molecule has 1 aromatic carbocycles. The zero-order valence-electron chi connectivity index (χ0n) is 8.81. The van der Waals surface area contributed by atoms with Crippen LogP contribution in [0, 0.1) is 5.92 Å². The van der Waals surface area contributed by atoms with E-state index in [1.54, 1.807) is 0 Å². The second kappa shape index (κ2) is 6.19. The van der Waals surface area contributed by atoms with Crippen LogP contribution >= 0.6 is 0 Å². The molecule has 0 saturated carbocycles. The van der Waals surface area contributed by atoms with Crippen molar-refractivity contribution in [2.45, 2.75) is 26.9 Å². The molecule has 0 saturated heterocycles. The molecule has 0 aromatic heterocycles. The summed E-state index contributed by atoms with van der Waals surface area (Å²) in [5.74, 6) is 0.638. The number of hydrogen-bond donors (Lipinski definition) is 0. The minimum absolute atomic E-state index is 0.551. The summed E-state index contributed by atoms with van der Waals surface area (Å²) in [7, 11) is 0. The molecule has 0 spiro atoms. The second-order valence-corrected chi connectivity index (χ2v) is 3.68. The lowest BCUT2D eigenvalue weighted by molar-refractivity contribution is 0.131. The fourth-order valence-electron chi connectivity index (χ4n) is 0.993. The van der Waals surface area contributed by atoms with E-state index in [0.29, 0.717) is 12.5 Å². The van der Waals surface area contributed by atoms with Crippen LogP contribution in [0.1, 0.15) is 25.8 Å². The summed E-state index contributed by atoms with van der Waals surface area (Å²) in [6, 6.07) is 10.0. The maximum atomic E-state index is 5.14.